The van der Waals surface area contributed by atoms with Crippen LogP contribution in [-0.4, -0.2) is 36.6 Å². The summed E-state index contributed by atoms with van der Waals surface area (Å²) in [6.07, 6.45) is 8.19. The van der Waals surface area contributed by atoms with Gasteiger partial charge < -0.3 is 5.32 Å². The normalized spacial score (nSPS) is 30.3. The van der Waals surface area contributed by atoms with E-state index in [2.05, 4.69) is 54.5 Å². The maximum absolute atomic E-state index is 3.75. The highest BCUT2D eigenvalue weighted by atomic mass is 15.2. The fraction of sp³-hybridized carbons (Fsp3) is 0.684. The van der Waals surface area contributed by atoms with Crippen molar-refractivity contribution in [3.63, 3.8) is 0 Å². The van der Waals surface area contributed by atoms with E-state index in [0.29, 0.717) is 12.1 Å². The summed E-state index contributed by atoms with van der Waals surface area (Å²) >= 11 is 0. The van der Waals surface area contributed by atoms with Crippen LogP contribution in [-0.2, 0) is 0 Å². The molecule has 2 heteroatoms. The first-order valence-electron chi connectivity index (χ1n) is 8.80. The molecule has 2 nitrogen and oxygen atoms in total. The first-order chi connectivity index (χ1) is 10.3. The van der Waals surface area contributed by atoms with Gasteiger partial charge in [0.1, 0.15) is 0 Å². The van der Waals surface area contributed by atoms with Crippen LogP contribution in [0.25, 0.3) is 0 Å². The van der Waals surface area contributed by atoms with Gasteiger partial charge in [-0.05, 0) is 57.2 Å². The van der Waals surface area contributed by atoms with Crippen LogP contribution < -0.4 is 5.32 Å². The van der Waals surface area contributed by atoms with Gasteiger partial charge in [0.25, 0.3) is 0 Å². The summed E-state index contributed by atoms with van der Waals surface area (Å²) in [4.78, 5) is 2.70. The summed E-state index contributed by atoms with van der Waals surface area (Å²) < 4.78 is 0. The summed E-state index contributed by atoms with van der Waals surface area (Å²) in [5.41, 5.74) is 1.54. The fourth-order valence-electron chi connectivity index (χ4n) is 4.19. The van der Waals surface area contributed by atoms with Gasteiger partial charge in [-0.2, -0.15) is 0 Å². The van der Waals surface area contributed by atoms with Crippen molar-refractivity contribution in [3.05, 3.63) is 35.9 Å². The van der Waals surface area contributed by atoms with Crippen molar-refractivity contribution in [1.82, 2.24) is 10.2 Å². The van der Waals surface area contributed by atoms with Crippen LogP contribution in [0, 0.1) is 0 Å². The number of hydrogen-bond acceptors (Lipinski definition) is 2. The molecule has 1 N–H and O–H groups in total. The van der Waals surface area contributed by atoms with E-state index in [9.17, 15) is 0 Å². The molecular weight excluding hydrogens is 256 g/mol. The molecule has 21 heavy (non-hydrogen) atoms. The lowest BCUT2D eigenvalue weighted by atomic mass is 9.77. The van der Waals surface area contributed by atoms with Crippen LogP contribution in [0.5, 0.6) is 0 Å². The lowest BCUT2D eigenvalue weighted by Gasteiger charge is -2.47. The average Bonchev–Trinajstić information content (AvgIpc) is 2.47. The Hall–Kier alpha value is -0.860. The van der Waals surface area contributed by atoms with Gasteiger partial charge in [0, 0.05) is 18.1 Å². The Bertz CT molecular complexity index is 424. The molecular formula is C19H30N2. The predicted molar refractivity (Wildman–Crippen MR) is 89.7 cm³/mol. The summed E-state index contributed by atoms with van der Waals surface area (Å²) in [5, 5.41) is 3.75. The molecule has 0 spiro atoms. The van der Waals surface area contributed by atoms with Crippen molar-refractivity contribution < 1.29 is 0 Å². The predicted octanol–water partition coefficient (Wildman–Crippen LogP) is 3.79. The van der Waals surface area contributed by atoms with Crippen molar-refractivity contribution >= 4 is 0 Å². The van der Waals surface area contributed by atoms with Crippen molar-refractivity contribution in [2.45, 2.75) is 69.5 Å². The fourth-order valence-corrected chi connectivity index (χ4v) is 4.19. The molecule has 1 aromatic carbocycles. The molecule has 0 amide bonds. The number of benzene rings is 1. The molecule has 0 aromatic heterocycles. The Morgan fingerprint density at radius 2 is 1.86 bits per heavy atom. The van der Waals surface area contributed by atoms with Crippen molar-refractivity contribution in [3.8, 4) is 0 Å². The minimum absolute atomic E-state index is 0.681. The Morgan fingerprint density at radius 3 is 2.48 bits per heavy atom. The summed E-state index contributed by atoms with van der Waals surface area (Å²) in [6, 6.07) is 13.4. The maximum atomic E-state index is 3.75. The Balaban J connectivity index is 1.71. The van der Waals surface area contributed by atoms with Crippen molar-refractivity contribution in [2.24, 2.45) is 0 Å². The Morgan fingerprint density at radius 1 is 1.10 bits per heavy atom. The Labute approximate surface area is 129 Å². The second-order valence-electron chi connectivity index (χ2n) is 6.90. The molecule has 2 saturated carbocycles. The number of nitrogens with zero attached hydrogens (tertiary/aromatic N) is 1. The summed E-state index contributed by atoms with van der Waals surface area (Å²) in [5.74, 6) is 0.744. The number of rotatable bonds is 5. The quantitative estimate of drug-likeness (QED) is 0.886. The molecule has 3 rings (SSSR count). The van der Waals surface area contributed by atoms with Crippen molar-refractivity contribution in [1.29, 1.82) is 0 Å². The molecule has 0 saturated heterocycles. The topological polar surface area (TPSA) is 15.3 Å². The van der Waals surface area contributed by atoms with Crippen LogP contribution in [0.1, 0.15) is 56.9 Å². The van der Waals surface area contributed by atoms with Crippen molar-refractivity contribution in [2.75, 3.05) is 13.6 Å². The van der Waals surface area contributed by atoms with Gasteiger partial charge in [-0.25, -0.2) is 0 Å². The van der Waals surface area contributed by atoms with E-state index in [1.54, 1.807) is 5.56 Å². The first kappa shape index (κ1) is 15.1. The standard InChI is InChI=1S/C19H30N2/c1-3-20-18-13-12-16(15-8-5-4-6-9-15)14-19(18)21(2)17-10-7-11-17/h4-6,8-9,16-20H,3,7,10-14H2,1-2H3. The van der Waals surface area contributed by atoms with Gasteiger partial charge >= 0.3 is 0 Å². The second-order valence-corrected chi connectivity index (χ2v) is 6.90. The largest absolute Gasteiger partial charge is 0.313 e. The molecule has 1 aromatic rings. The lowest BCUT2D eigenvalue weighted by Crippen LogP contribution is -2.55. The Kier molecular flexibility index (Phi) is 4.97. The maximum Gasteiger partial charge on any atom is 0.0255 e. The highest BCUT2D eigenvalue weighted by Crippen LogP contribution is 2.37. The summed E-state index contributed by atoms with van der Waals surface area (Å²) in [7, 11) is 2.37. The van der Waals surface area contributed by atoms with Crippen LogP contribution in [0.2, 0.25) is 0 Å². The van der Waals surface area contributed by atoms with Crippen LogP contribution in [0.3, 0.4) is 0 Å². The molecule has 0 aliphatic heterocycles. The van der Waals surface area contributed by atoms with E-state index in [0.717, 1.165) is 18.5 Å². The minimum atomic E-state index is 0.681. The van der Waals surface area contributed by atoms with E-state index < -0.39 is 0 Å². The van der Waals surface area contributed by atoms with Crippen LogP contribution in [0.15, 0.2) is 30.3 Å². The average molecular weight is 286 g/mol. The van der Waals surface area contributed by atoms with Gasteiger partial charge in [0.05, 0.1) is 0 Å². The summed E-state index contributed by atoms with van der Waals surface area (Å²) in [6.45, 7) is 3.33. The zero-order valence-electron chi connectivity index (χ0n) is 13.6. The van der Waals surface area contributed by atoms with Crippen LogP contribution >= 0.6 is 0 Å². The van der Waals surface area contributed by atoms with Gasteiger partial charge in [0.2, 0.25) is 0 Å². The molecule has 2 fully saturated rings. The molecule has 0 radical (unpaired) electrons. The number of likely N-dealkylation sites (N-methyl/N-ethyl adjacent to an activating group) is 2. The van der Waals surface area contributed by atoms with Gasteiger partial charge in [-0.15, -0.1) is 0 Å². The molecule has 0 bridgehead atoms. The second kappa shape index (κ2) is 6.93. The van der Waals surface area contributed by atoms with E-state index in [1.807, 2.05) is 0 Å². The molecule has 116 valence electrons. The molecule has 3 atom stereocenters. The highest BCUT2D eigenvalue weighted by Gasteiger charge is 2.36. The van der Waals surface area contributed by atoms with E-state index in [-0.39, 0.29) is 0 Å². The smallest absolute Gasteiger partial charge is 0.0255 e. The zero-order valence-corrected chi connectivity index (χ0v) is 13.6. The minimum Gasteiger partial charge on any atom is -0.313 e. The number of hydrogen-bond donors (Lipinski definition) is 1. The third kappa shape index (κ3) is 3.32. The lowest BCUT2D eigenvalue weighted by molar-refractivity contribution is 0.0613. The van der Waals surface area contributed by atoms with Crippen LogP contribution in [0.4, 0.5) is 0 Å². The number of nitrogens with one attached hydrogen (secondary N) is 1. The van der Waals surface area contributed by atoms with E-state index >= 15 is 0 Å². The third-order valence-electron chi connectivity index (χ3n) is 5.73. The molecule has 2 aliphatic carbocycles. The van der Waals surface area contributed by atoms with Gasteiger partial charge in [0.15, 0.2) is 0 Å². The van der Waals surface area contributed by atoms with Gasteiger partial charge in [-0.1, -0.05) is 43.7 Å². The monoisotopic (exact) mass is 286 g/mol. The van der Waals surface area contributed by atoms with Gasteiger partial charge in [-0.3, -0.25) is 4.90 Å². The first-order valence-corrected chi connectivity index (χ1v) is 8.80. The molecule has 3 unspecified atom stereocenters. The zero-order chi connectivity index (χ0) is 14.7. The SMILES string of the molecule is CCNC1CCC(c2ccccc2)CC1N(C)C1CCC1. The molecule has 2 aliphatic rings. The third-order valence-corrected chi connectivity index (χ3v) is 5.73. The van der Waals surface area contributed by atoms with E-state index in [1.165, 1.54) is 38.5 Å². The highest BCUT2D eigenvalue weighted by molar-refractivity contribution is 5.21. The molecule has 0 heterocycles. The van der Waals surface area contributed by atoms with E-state index in [4.69, 9.17) is 0 Å².